The standard InChI is InChI=1S/C10H11ClN4O2S/c1-7-9(10(11)15(2)13-7)18(16,17)14-8-5-3-4-6-12-8/h3-6H,1-2H3,(H,12,14). The van der Waals surface area contributed by atoms with Crippen LogP contribution in [0.3, 0.4) is 0 Å². The molecule has 0 spiro atoms. The van der Waals surface area contributed by atoms with E-state index < -0.39 is 10.0 Å². The van der Waals surface area contributed by atoms with Crippen molar-refractivity contribution in [3.63, 3.8) is 0 Å². The van der Waals surface area contributed by atoms with Crippen molar-refractivity contribution in [2.45, 2.75) is 11.8 Å². The molecule has 18 heavy (non-hydrogen) atoms. The van der Waals surface area contributed by atoms with Crippen LogP contribution in [0.1, 0.15) is 5.69 Å². The molecule has 0 atom stereocenters. The van der Waals surface area contributed by atoms with Gasteiger partial charge in [-0.05, 0) is 19.1 Å². The molecule has 0 aromatic carbocycles. The number of hydrogen-bond donors (Lipinski definition) is 1. The lowest BCUT2D eigenvalue weighted by Gasteiger charge is -2.06. The Labute approximate surface area is 110 Å². The maximum atomic E-state index is 12.2. The van der Waals surface area contributed by atoms with E-state index in [-0.39, 0.29) is 15.9 Å². The van der Waals surface area contributed by atoms with Gasteiger partial charge in [0, 0.05) is 13.2 Å². The van der Waals surface area contributed by atoms with E-state index in [1.165, 1.54) is 10.9 Å². The smallest absolute Gasteiger partial charge is 0.263 e. The van der Waals surface area contributed by atoms with Crippen LogP contribution < -0.4 is 4.72 Å². The maximum Gasteiger partial charge on any atom is 0.267 e. The lowest BCUT2D eigenvalue weighted by Crippen LogP contribution is -2.14. The number of anilines is 1. The molecule has 0 saturated carbocycles. The van der Waals surface area contributed by atoms with Gasteiger partial charge in [-0.25, -0.2) is 13.4 Å². The van der Waals surface area contributed by atoms with E-state index >= 15 is 0 Å². The van der Waals surface area contributed by atoms with Gasteiger partial charge in [-0.1, -0.05) is 17.7 Å². The van der Waals surface area contributed by atoms with E-state index in [4.69, 9.17) is 11.6 Å². The van der Waals surface area contributed by atoms with E-state index in [0.717, 1.165) is 0 Å². The van der Waals surface area contributed by atoms with Crippen LogP contribution >= 0.6 is 11.6 Å². The van der Waals surface area contributed by atoms with Crippen LogP contribution in [0.5, 0.6) is 0 Å². The molecule has 0 fully saturated rings. The summed E-state index contributed by atoms with van der Waals surface area (Å²) in [6, 6.07) is 4.93. The minimum Gasteiger partial charge on any atom is -0.263 e. The van der Waals surface area contributed by atoms with E-state index in [9.17, 15) is 8.42 Å². The first-order chi connectivity index (χ1) is 8.42. The summed E-state index contributed by atoms with van der Waals surface area (Å²) in [7, 11) is -2.20. The van der Waals surface area contributed by atoms with Crippen molar-refractivity contribution in [1.29, 1.82) is 0 Å². The fourth-order valence-electron chi connectivity index (χ4n) is 1.53. The van der Waals surface area contributed by atoms with Crippen LogP contribution in [0, 0.1) is 6.92 Å². The van der Waals surface area contributed by atoms with Crippen molar-refractivity contribution in [1.82, 2.24) is 14.8 Å². The SMILES string of the molecule is Cc1nn(C)c(Cl)c1S(=O)(=O)Nc1ccccn1. The highest BCUT2D eigenvalue weighted by molar-refractivity contribution is 7.92. The summed E-state index contributed by atoms with van der Waals surface area (Å²) in [6.45, 7) is 1.58. The Bertz CT molecular complexity index is 667. The van der Waals surface area contributed by atoms with Crippen LogP contribution in [0.15, 0.2) is 29.3 Å². The van der Waals surface area contributed by atoms with Crippen LogP contribution in [0.4, 0.5) is 5.82 Å². The average molecular weight is 287 g/mol. The van der Waals surface area contributed by atoms with Gasteiger partial charge in [-0.2, -0.15) is 5.10 Å². The monoisotopic (exact) mass is 286 g/mol. The zero-order valence-electron chi connectivity index (χ0n) is 9.75. The molecule has 6 nitrogen and oxygen atoms in total. The Kier molecular flexibility index (Phi) is 3.27. The molecule has 8 heteroatoms. The number of aryl methyl sites for hydroxylation is 2. The number of aromatic nitrogens is 3. The highest BCUT2D eigenvalue weighted by atomic mass is 35.5. The number of nitrogens with one attached hydrogen (secondary N) is 1. The van der Waals surface area contributed by atoms with Gasteiger partial charge in [0.15, 0.2) is 0 Å². The predicted molar refractivity (Wildman–Crippen MR) is 68.0 cm³/mol. The Morgan fingerprint density at radius 2 is 2.11 bits per heavy atom. The third-order valence-corrected chi connectivity index (χ3v) is 4.32. The summed E-state index contributed by atoms with van der Waals surface area (Å²) in [4.78, 5) is 3.86. The van der Waals surface area contributed by atoms with E-state index in [1.54, 1.807) is 32.2 Å². The molecule has 0 saturated heterocycles. The van der Waals surface area contributed by atoms with Crippen LogP contribution in [-0.2, 0) is 17.1 Å². The molecule has 0 unspecified atom stereocenters. The molecular formula is C10H11ClN4O2S. The predicted octanol–water partition coefficient (Wildman–Crippen LogP) is 1.58. The summed E-state index contributed by atoms with van der Waals surface area (Å²) in [6.07, 6.45) is 1.50. The molecule has 0 aliphatic rings. The van der Waals surface area contributed by atoms with Crippen molar-refractivity contribution in [2.24, 2.45) is 7.05 Å². The first-order valence-corrected chi connectivity index (χ1v) is 6.91. The summed E-state index contributed by atoms with van der Waals surface area (Å²) in [5, 5.41) is 4.03. The summed E-state index contributed by atoms with van der Waals surface area (Å²) in [5.74, 6) is 0.233. The topological polar surface area (TPSA) is 76.9 Å². The minimum absolute atomic E-state index is 0.0303. The second-order valence-corrected chi connectivity index (χ2v) is 5.63. The molecule has 0 amide bonds. The summed E-state index contributed by atoms with van der Waals surface area (Å²) >= 11 is 5.93. The lowest BCUT2D eigenvalue weighted by atomic mass is 10.5. The van der Waals surface area contributed by atoms with Gasteiger partial charge in [-0.3, -0.25) is 9.40 Å². The summed E-state index contributed by atoms with van der Waals surface area (Å²) in [5.41, 5.74) is 0.339. The first-order valence-electron chi connectivity index (χ1n) is 5.05. The Hall–Kier alpha value is -1.60. The fourth-order valence-corrected chi connectivity index (χ4v) is 3.29. The molecule has 96 valence electrons. The molecule has 0 aliphatic carbocycles. The van der Waals surface area contributed by atoms with Crippen LogP contribution in [0.2, 0.25) is 5.15 Å². The minimum atomic E-state index is -3.78. The number of pyridine rings is 1. The molecule has 0 radical (unpaired) electrons. The molecule has 2 rings (SSSR count). The van der Waals surface area contributed by atoms with Gasteiger partial charge in [0.1, 0.15) is 15.9 Å². The van der Waals surface area contributed by atoms with Crippen molar-refractivity contribution >= 4 is 27.4 Å². The van der Waals surface area contributed by atoms with Crippen molar-refractivity contribution in [3.05, 3.63) is 35.2 Å². The Morgan fingerprint density at radius 3 is 2.61 bits per heavy atom. The number of hydrogen-bond acceptors (Lipinski definition) is 4. The molecule has 0 aliphatic heterocycles. The quantitative estimate of drug-likeness (QED) is 0.929. The van der Waals surface area contributed by atoms with Crippen molar-refractivity contribution < 1.29 is 8.42 Å². The van der Waals surface area contributed by atoms with Gasteiger partial charge in [0.05, 0.1) is 5.69 Å². The first kappa shape index (κ1) is 12.8. The largest absolute Gasteiger partial charge is 0.267 e. The third-order valence-electron chi connectivity index (χ3n) is 2.27. The van der Waals surface area contributed by atoms with Gasteiger partial charge in [0.2, 0.25) is 0 Å². The Balaban J connectivity index is 2.43. The normalized spacial score (nSPS) is 11.5. The third kappa shape index (κ3) is 2.32. The maximum absolute atomic E-state index is 12.2. The zero-order chi connectivity index (χ0) is 13.3. The van der Waals surface area contributed by atoms with Gasteiger partial charge < -0.3 is 0 Å². The van der Waals surface area contributed by atoms with E-state index in [2.05, 4.69) is 14.8 Å². The van der Waals surface area contributed by atoms with Gasteiger partial charge >= 0.3 is 0 Å². The van der Waals surface area contributed by atoms with Crippen molar-refractivity contribution in [3.8, 4) is 0 Å². The molecule has 2 aromatic heterocycles. The molecule has 1 N–H and O–H groups in total. The number of rotatable bonds is 3. The lowest BCUT2D eigenvalue weighted by molar-refractivity contribution is 0.600. The Morgan fingerprint density at radius 1 is 1.39 bits per heavy atom. The number of halogens is 1. The summed E-state index contributed by atoms with van der Waals surface area (Å²) < 4.78 is 28.0. The molecule has 0 bridgehead atoms. The van der Waals surface area contributed by atoms with E-state index in [0.29, 0.717) is 5.69 Å². The molecule has 2 aromatic rings. The fraction of sp³-hybridized carbons (Fsp3) is 0.200. The van der Waals surface area contributed by atoms with Gasteiger partial charge in [-0.15, -0.1) is 0 Å². The average Bonchev–Trinajstić information content (AvgIpc) is 2.54. The number of sulfonamides is 1. The second-order valence-electron chi connectivity index (χ2n) is 3.65. The van der Waals surface area contributed by atoms with Crippen molar-refractivity contribution in [2.75, 3.05) is 4.72 Å². The number of nitrogens with zero attached hydrogens (tertiary/aromatic N) is 3. The van der Waals surface area contributed by atoms with Gasteiger partial charge in [0.25, 0.3) is 10.0 Å². The molecule has 2 heterocycles. The second kappa shape index (κ2) is 4.58. The molecular weight excluding hydrogens is 276 g/mol. The zero-order valence-corrected chi connectivity index (χ0v) is 11.3. The van der Waals surface area contributed by atoms with Crippen LogP contribution in [0.25, 0.3) is 0 Å². The van der Waals surface area contributed by atoms with Crippen LogP contribution in [-0.4, -0.2) is 23.2 Å². The highest BCUT2D eigenvalue weighted by Gasteiger charge is 2.25. The highest BCUT2D eigenvalue weighted by Crippen LogP contribution is 2.25. The van der Waals surface area contributed by atoms with E-state index in [1.807, 2.05) is 0 Å².